The monoisotopic (exact) mass is 623 g/mol. The summed E-state index contributed by atoms with van der Waals surface area (Å²) in [4.78, 5) is 2.42. The average molecular weight is 624 g/mol. The van der Waals surface area contributed by atoms with Crippen LogP contribution in [0.4, 0.5) is 17.1 Å². The smallest absolute Gasteiger partial charge is 0.143 e. The molecule has 0 aliphatic carbocycles. The van der Waals surface area contributed by atoms with Crippen molar-refractivity contribution in [2.75, 3.05) is 4.90 Å². The van der Waals surface area contributed by atoms with Gasteiger partial charge in [-0.25, -0.2) is 0 Å². The Morgan fingerprint density at radius 3 is 2.15 bits per heavy atom. The van der Waals surface area contributed by atoms with Crippen molar-refractivity contribution < 1.29 is 4.42 Å². The maximum Gasteiger partial charge on any atom is 0.143 e. The van der Waals surface area contributed by atoms with Crippen LogP contribution in [0.15, 0.2) is 144 Å². The molecular weight excluding hydrogens is 595 g/mol. The third-order valence-electron chi connectivity index (χ3n) is 10.0. The predicted molar refractivity (Wildman–Crippen MR) is 201 cm³/mol. The Balaban J connectivity index is 1.16. The number of para-hydroxylation sites is 2. The summed E-state index contributed by atoms with van der Waals surface area (Å²) in [5.74, 6) is 0. The van der Waals surface area contributed by atoms with Gasteiger partial charge in [-0.3, -0.25) is 0 Å². The van der Waals surface area contributed by atoms with Crippen molar-refractivity contribution in [3.63, 3.8) is 0 Å². The molecule has 218 valence electrons. The molecule has 46 heavy (non-hydrogen) atoms. The molecule has 2 aromatic heterocycles. The van der Waals surface area contributed by atoms with E-state index in [9.17, 15) is 0 Å². The SMILES string of the molecule is C[Si]1(C)c2cc(N(c3ccccc3)c3ccc4c(ccc5c6ccccc6sc45)c3)ccc2-c2c1ccc1c2oc2ccccc21. The van der Waals surface area contributed by atoms with E-state index in [1.165, 1.54) is 68.9 Å². The molecule has 10 rings (SSSR count). The number of nitrogens with zero attached hydrogens (tertiary/aromatic N) is 1. The summed E-state index contributed by atoms with van der Waals surface area (Å²) in [5.41, 5.74) is 8.08. The molecule has 0 unspecified atom stereocenters. The number of rotatable bonds is 3. The van der Waals surface area contributed by atoms with E-state index in [2.05, 4.69) is 158 Å². The Morgan fingerprint density at radius 1 is 0.543 bits per heavy atom. The van der Waals surface area contributed by atoms with E-state index in [1.54, 1.807) is 0 Å². The van der Waals surface area contributed by atoms with Crippen LogP contribution in [0.25, 0.3) is 64.0 Å². The molecule has 0 saturated carbocycles. The first-order valence-electron chi connectivity index (χ1n) is 15.9. The molecule has 3 heterocycles. The first-order chi connectivity index (χ1) is 22.6. The van der Waals surface area contributed by atoms with E-state index in [0.717, 1.165) is 22.5 Å². The van der Waals surface area contributed by atoms with Gasteiger partial charge in [-0.15, -0.1) is 11.3 Å². The highest BCUT2D eigenvalue weighted by atomic mass is 32.1. The summed E-state index contributed by atoms with van der Waals surface area (Å²) in [6, 6.07) is 51.2. The highest BCUT2D eigenvalue weighted by molar-refractivity contribution is 7.26. The zero-order chi connectivity index (χ0) is 30.6. The van der Waals surface area contributed by atoms with Crippen molar-refractivity contribution >= 4 is 99.7 Å². The minimum Gasteiger partial charge on any atom is -0.455 e. The fraction of sp³-hybridized carbons (Fsp3) is 0.0476. The summed E-state index contributed by atoms with van der Waals surface area (Å²) in [5, 5.41) is 10.5. The van der Waals surface area contributed by atoms with Crippen LogP contribution in [-0.4, -0.2) is 8.07 Å². The number of anilines is 3. The number of thiophene rings is 1. The van der Waals surface area contributed by atoms with Crippen molar-refractivity contribution in [1.29, 1.82) is 0 Å². The summed E-state index contributed by atoms with van der Waals surface area (Å²) < 4.78 is 9.26. The van der Waals surface area contributed by atoms with Crippen LogP contribution in [0, 0.1) is 0 Å². The second kappa shape index (κ2) is 9.43. The second-order valence-electron chi connectivity index (χ2n) is 12.9. The minimum atomic E-state index is -2.00. The van der Waals surface area contributed by atoms with Gasteiger partial charge in [0.15, 0.2) is 0 Å². The molecule has 4 heteroatoms. The van der Waals surface area contributed by atoms with Gasteiger partial charge in [0.2, 0.25) is 0 Å². The third-order valence-corrected chi connectivity index (χ3v) is 14.8. The first-order valence-corrected chi connectivity index (χ1v) is 19.7. The van der Waals surface area contributed by atoms with Crippen molar-refractivity contribution in [2.45, 2.75) is 13.1 Å². The van der Waals surface area contributed by atoms with Gasteiger partial charge in [0.05, 0.1) is 0 Å². The van der Waals surface area contributed by atoms with Gasteiger partial charge in [0.25, 0.3) is 0 Å². The molecule has 0 saturated heterocycles. The molecule has 0 N–H and O–H groups in total. The van der Waals surface area contributed by atoms with E-state index in [-0.39, 0.29) is 0 Å². The molecule has 0 bridgehead atoms. The van der Waals surface area contributed by atoms with Crippen molar-refractivity contribution in [3.8, 4) is 11.1 Å². The lowest BCUT2D eigenvalue weighted by Gasteiger charge is -2.28. The Hall–Kier alpha value is -5.16. The van der Waals surface area contributed by atoms with Crippen LogP contribution >= 0.6 is 11.3 Å². The summed E-state index contributed by atoms with van der Waals surface area (Å²) in [7, 11) is -2.00. The molecule has 0 radical (unpaired) electrons. The van der Waals surface area contributed by atoms with Gasteiger partial charge in [-0.05, 0) is 75.2 Å². The molecular formula is C42H29NOSSi. The predicted octanol–water partition coefficient (Wildman–Crippen LogP) is 11.4. The van der Waals surface area contributed by atoms with E-state index in [0.29, 0.717) is 0 Å². The summed E-state index contributed by atoms with van der Waals surface area (Å²) in [6.45, 7) is 4.96. The minimum absolute atomic E-state index is 0.954. The number of hydrogen-bond donors (Lipinski definition) is 0. The maximum absolute atomic E-state index is 6.57. The number of furan rings is 1. The van der Waals surface area contributed by atoms with Crippen molar-refractivity contribution in [2.24, 2.45) is 0 Å². The lowest BCUT2D eigenvalue weighted by molar-refractivity contribution is 0.670. The Kier molecular flexibility index (Phi) is 5.35. The van der Waals surface area contributed by atoms with Gasteiger partial charge in [-0.2, -0.15) is 0 Å². The largest absolute Gasteiger partial charge is 0.455 e. The van der Waals surface area contributed by atoms with Gasteiger partial charge in [0, 0.05) is 53.6 Å². The average Bonchev–Trinajstić information content (AvgIpc) is 3.73. The molecule has 2 nitrogen and oxygen atoms in total. The van der Waals surface area contributed by atoms with E-state index in [1.807, 2.05) is 11.3 Å². The number of hydrogen-bond acceptors (Lipinski definition) is 3. The maximum atomic E-state index is 6.57. The Bertz CT molecular complexity index is 2680. The van der Waals surface area contributed by atoms with Gasteiger partial charge >= 0.3 is 0 Å². The second-order valence-corrected chi connectivity index (χ2v) is 18.3. The summed E-state index contributed by atoms with van der Waals surface area (Å²) in [6.07, 6.45) is 0. The van der Waals surface area contributed by atoms with E-state index in [4.69, 9.17) is 4.42 Å². The topological polar surface area (TPSA) is 16.4 Å². The lowest BCUT2D eigenvalue weighted by Crippen LogP contribution is -2.49. The number of benzene rings is 7. The molecule has 1 aliphatic heterocycles. The first kappa shape index (κ1) is 26.1. The molecule has 0 spiro atoms. The van der Waals surface area contributed by atoms with Crippen LogP contribution < -0.4 is 15.3 Å². The highest BCUT2D eigenvalue weighted by Gasteiger charge is 2.40. The lowest BCUT2D eigenvalue weighted by atomic mass is 10.0. The van der Waals surface area contributed by atoms with Crippen LogP contribution in [0.5, 0.6) is 0 Å². The third kappa shape index (κ3) is 3.57. The quantitative estimate of drug-likeness (QED) is 0.182. The molecule has 7 aromatic carbocycles. The van der Waals surface area contributed by atoms with Crippen molar-refractivity contribution in [3.05, 3.63) is 140 Å². The Labute approximate surface area is 271 Å². The van der Waals surface area contributed by atoms with Crippen molar-refractivity contribution in [1.82, 2.24) is 0 Å². The van der Waals surface area contributed by atoms with Crippen LogP contribution in [0.1, 0.15) is 0 Å². The summed E-state index contributed by atoms with van der Waals surface area (Å²) >= 11 is 1.89. The fourth-order valence-corrected chi connectivity index (χ4v) is 12.1. The van der Waals surface area contributed by atoms with Gasteiger partial charge in [0.1, 0.15) is 19.2 Å². The molecule has 0 amide bonds. The van der Waals surface area contributed by atoms with Crippen LogP contribution in [0.2, 0.25) is 13.1 Å². The van der Waals surface area contributed by atoms with Gasteiger partial charge < -0.3 is 9.32 Å². The standard InChI is InChI=1S/C42H29NOSSi/c1-46(2)38-23-22-33-31-12-6-8-14-36(31)44-41(33)40(38)35-21-18-29(25-39(35)46)43(27-10-4-3-5-11-27)28-17-20-30-26(24-28)16-19-34-32-13-7-9-15-37(32)45-42(30)34/h3-25H,1-2H3. The molecule has 0 fully saturated rings. The zero-order valence-corrected chi connectivity index (χ0v) is 27.4. The van der Waals surface area contributed by atoms with Crippen LogP contribution in [0.3, 0.4) is 0 Å². The van der Waals surface area contributed by atoms with E-state index >= 15 is 0 Å². The van der Waals surface area contributed by atoms with Crippen LogP contribution in [-0.2, 0) is 0 Å². The molecule has 9 aromatic rings. The van der Waals surface area contributed by atoms with E-state index < -0.39 is 8.07 Å². The number of fused-ring (bicyclic) bond motifs is 12. The fourth-order valence-electron chi connectivity index (χ4n) is 7.79. The van der Waals surface area contributed by atoms with Gasteiger partial charge in [-0.1, -0.05) is 104 Å². The highest BCUT2D eigenvalue weighted by Crippen LogP contribution is 2.43. The zero-order valence-electron chi connectivity index (χ0n) is 25.5. The normalized spacial score (nSPS) is 13.6. The molecule has 1 aliphatic rings. The molecule has 0 atom stereocenters. The Morgan fingerprint density at radius 2 is 1.26 bits per heavy atom.